The molecule has 0 radical (unpaired) electrons. The van der Waals surface area contributed by atoms with Crippen LogP contribution in [0.25, 0.3) is 10.9 Å². The second kappa shape index (κ2) is 15.4. The smallest absolute Gasteiger partial charge is 0.337 e. The van der Waals surface area contributed by atoms with Crippen LogP contribution in [0.5, 0.6) is 5.75 Å². The highest BCUT2D eigenvalue weighted by molar-refractivity contribution is 6.32. The zero-order valence-corrected chi connectivity index (χ0v) is 29.2. The SMILES string of the molecule is C/C1=C/[C@H](C)[C@@H](C)OC(=O)[C@@H](O)[C@H](c2ccc(O)c(Cl)c2)NC(=O)[C@@H](Cc2c(Cl)[nH]c3ccccc23)N(C)C(=O)[C@H](C)NC(=O)[C@@H](C)C1. The first-order valence-corrected chi connectivity index (χ1v) is 16.5. The van der Waals surface area contributed by atoms with Crippen molar-refractivity contribution >= 4 is 57.8 Å². The van der Waals surface area contributed by atoms with Crippen LogP contribution in [0, 0.1) is 11.8 Å². The van der Waals surface area contributed by atoms with E-state index in [0.29, 0.717) is 12.0 Å². The maximum Gasteiger partial charge on any atom is 0.337 e. The van der Waals surface area contributed by atoms with Crippen molar-refractivity contribution in [3.8, 4) is 5.75 Å². The van der Waals surface area contributed by atoms with Crippen LogP contribution in [0.1, 0.15) is 58.2 Å². The Morgan fingerprint density at radius 1 is 0.979 bits per heavy atom. The van der Waals surface area contributed by atoms with E-state index in [1.54, 1.807) is 20.8 Å². The largest absolute Gasteiger partial charge is 0.506 e. The number of para-hydroxylation sites is 1. The molecule has 0 unspecified atom stereocenters. The van der Waals surface area contributed by atoms with Gasteiger partial charge in [-0.25, -0.2) is 4.79 Å². The molecule has 258 valence electrons. The lowest BCUT2D eigenvalue weighted by Gasteiger charge is -2.33. The number of aliphatic hydroxyl groups excluding tert-OH is 1. The fourth-order valence-electron chi connectivity index (χ4n) is 5.88. The molecule has 1 aromatic heterocycles. The van der Waals surface area contributed by atoms with Crippen LogP contribution in [0.3, 0.4) is 0 Å². The number of aromatic hydroxyl groups is 1. The first kappa shape index (κ1) is 36.8. The number of carbonyl (C=O) groups is 4. The average molecular weight is 702 g/mol. The van der Waals surface area contributed by atoms with Crippen molar-refractivity contribution in [2.45, 2.75) is 77.8 Å². The summed E-state index contributed by atoms with van der Waals surface area (Å²) >= 11 is 12.8. The van der Waals surface area contributed by atoms with Gasteiger partial charge in [-0.2, -0.15) is 0 Å². The summed E-state index contributed by atoms with van der Waals surface area (Å²) < 4.78 is 5.65. The number of nitrogens with one attached hydrogen (secondary N) is 3. The zero-order chi connectivity index (χ0) is 35.4. The summed E-state index contributed by atoms with van der Waals surface area (Å²) in [7, 11) is 1.44. The number of hydrogen-bond donors (Lipinski definition) is 5. The molecule has 1 aliphatic heterocycles. The number of rotatable bonds is 3. The highest BCUT2D eigenvalue weighted by Crippen LogP contribution is 2.31. The second-order valence-corrected chi connectivity index (χ2v) is 13.4. The zero-order valence-electron chi connectivity index (χ0n) is 27.7. The third-order valence-electron chi connectivity index (χ3n) is 8.86. The van der Waals surface area contributed by atoms with Gasteiger partial charge in [0.05, 0.1) is 11.1 Å². The third-order valence-corrected chi connectivity index (χ3v) is 9.48. The van der Waals surface area contributed by atoms with Crippen molar-refractivity contribution in [2.24, 2.45) is 11.8 Å². The van der Waals surface area contributed by atoms with E-state index < -0.39 is 54.0 Å². The topological polar surface area (TPSA) is 161 Å². The number of ether oxygens (including phenoxy) is 1. The quantitative estimate of drug-likeness (QED) is 0.193. The van der Waals surface area contributed by atoms with Crippen molar-refractivity contribution in [1.29, 1.82) is 0 Å². The second-order valence-electron chi connectivity index (χ2n) is 12.6. The van der Waals surface area contributed by atoms with E-state index in [4.69, 9.17) is 27.9 Å². The lowest BCUT2D eigenvalue weighted by molar-refractivity contribution is -0.162. The highest BCUT2D eigenvalue weighted by Gasteiger charge is 2.37. The minimum absolute atomic E-state index is 0.0594. The van der Waals surface area contributed by atoms with Crippen molar-refractivity contribution in [3.63, 3.8) is 0 Å². The number of fused-ring (bicyclic) bond motifs is 1. The number of allylic oxidation sites excluding steroid dienone is 1. The number of cyclic esters (lactones) is 1. The molecule has 2 aromatic carbocycles. The first-order chi connectivity index (χ1) is 22.6. The van der Waals surface area contributed by atoms with E-state index in [2.05, 4.69) is 15.6 Å². The standard InChI is InChI=1S/C35H42Cl2N4O7/c1-17-13-18(2)21(5)48-35(47)30(43)29(22-11-12-28(42)25(36)15-22)40-33(45)27(16-24-23-9-7-8-10-26(23)39-31(24)37)41(6)34(46)20(4)38-32(44)19(3)14-17/h7-13,15,18-21,27,29-30,39,42-43H,14,16H2,1-6H3,(H,38,44)(H,40,45)/b17-13-/t18-,19-,20-,21+,27+,29-,30-/m0/s1. The van der Waals surface area contributed by atoms with Gasteiger partial charge < -0.3 is 35.5 Å². The van der Waals surface area contributed by atoms with Gasteiger partial charge in [0.15, 0.2) is 6.10 Å². The predicted octanol–water partition coefficient (Wildman–Crippen LogP) is 4.83. The number of nitrogens with zero attached hydrogens (tertiary/aromatic N) is 1. The van der Waals surface area contributed by atoms with Crippen LogP contribution < -0.4 is 10.6 Å². The summed E-state index contributed by atoms with van der Waals surface area (Å²) in [5, 5.41) is 27.9. The summed E-state index contributed by atoms with van der Waals surface area (Å²) in [5.41, 5.74) is 2.37. The lowest BCUT2D eigenvalue weighted by Crippen LogP contribution is -2.56. The van der Waals surface area contributed by atoms with Crippen molar-refractivity contribution in [1.82, 2.24) is 20.5 Å². The van der Waals surface area contributed by atoms with Crippen LogP contribution in [-0.2, 0) is 30.3 Å². The summed E-state index contributed by atoms with van der Waals surface area (Å²) in [6, 6.07) is 7.69. The molecule has 0 spiro atoms. The molecule has 48 heavy (non-hydrogen) atoms. The Labute approximate surface area is 289 Å². The molecule has 4 rings (SSSR count). The first-order valence-electron chi connectivity index (χ1n) is 15.8. The molecular formula is C35H42Cl2N4O7. The Kier molecular flexibility index (Phi) is 11.8. The highest BCUT2D eigenvalue weighted by atomic mass is 35.5. The van der Waals surface area contributed by atoms with Gasteiger partial charge in [0.1, 0.15) is 29.1 Å². The van der Waals surface area contributed by atoms with Gasteiger partial charge in [0.25, 0.3) is 0 Å². The molecular weight excluding hydrogens is 659 g/mol. The molecule has 7 atom stereocenters. The Morgan fingerprint density at radius 3 is 2.35 bits per heavy atom. The number of amides is 3. The number of phenolic OH excluding ortho intramolecular Hbond substituents is 1. The Balaban J connectivity index is 1.81. The number of H-pyrrole nitrogens is 1. The number of aromatic amines is 1. The number of halogens is 2. The van der Waals surface area contributed by atoms with Gasteiger partial charge in [0.2, 0.25) is 17.7 Å². The molecule has 3 amide bonds. The molecule has 5 N–H and O–H groups in total. The van der Waals surface area contributed by atoms with Gasteiger partial charge in [-0.05, 0) is 56.5 Å². The summed E-state index contributed by atoms with van der Waals surface area (Å²) in [6.45, 7) is 8.68. The van der Waals surface area contributed by atoms with Crippen LogP contribution in [-0.4, -0.2) is 75.1 Å². The summed E-state index contributed by atoms with van der Waals surface area (Å²) in [5.74, 6) is -3.62. The fourth-order valence-corrected chi connectivity index (χ4v) is 6.35. The van der Waals surface area contributed by atoms with E-state index in [-0.39, 0.29) is 39.7 Å². The van der Waals surface area contributed by atoms with Crippen molar-refractivity contribution in [3.05, 3.63) is 75.4 Å². The van der Waals surface area contributed by atoms with Crippen LogP contribution in [0.2, 0.25) is 10.2 Å². The number of likely N-dealkylation sites (N-methyl/N-ethyl adjacent to an activating group) is 1. The molecule has 0 fully saturated rings. The van der Waals surface area contributed by atoms with Crippen LogP contribution in [0.4, 0.5) is 0 Å². The summed E-state index contributed by atoms with van der Waals surface area (Å²) in [6.07, 6.45) is -0.353. The molecule has 13 heteroatoms. The number of phenols is 1. The van der Waals surface area contributed by atoms with Gasteiger partial charge in [-0.1, -0.05) is 73.0 Å². The minimum Gasteiger partial charge on any atom is -0.506 e. The molecule has 0 saturated carbocycles. The van der Waals surface area contributed by atoms with Gasteiger partial charge in [-0.15, -0.1) is 0 Å². The molecule has 3 aromatic rings. The molecule has 11 nitrogen and oxygen atoms in total. The van der Waals surface area contributed by atoms with Crippen LogP contribution in [0.15, 0.2) is 54.1 Å². The van der Waals surface area contributed by atoms with E-state index in [1.165, 1.54) is 30.1 Å². The molecule has 0 saturated heterocycles. The monoisotopic (exact) mass is 700 g/mol. The van der Waals surface area contributed by atoms with Crippen molar-refractivity contribution < 1.29 is 34.1 Å². The van der Waals surface area contributed by atoms with Crippen LogP contribution >= 0.6 is 23.2 Å². The van der Waals surface area contributed by atoms with E-state index >= 15 is 0 Å². The Morgan fingerprint density at radius 2 is 1.67 bits per heavy atom. The maximum absolute atomic E-state index is 14.3. The number of aromatic nitrogens is 1. The molecule has 0 aliphatic carbocycles. The number of benzene rings is 2. The molecule has 2 heterocycles. The predicted molar refractivity (Wildman–Crippen MR) is 183 cm³/mol. The molecule has 0 bridgehead atoms. The minimum atomic E-state index is -1.90. The van der Waals surface area contributed by atoms with Crippen molar-refractivity contribution in [2.75, 3.05) is 7.05 Å². The normalized spacial score (nSPS) is 28.1. The van der Waals surface area contributed by atoms with Gasteiger partial charge in [-0.3, -0.25) is 14.4 Å². The fraction of sp³-hybridized carbons (Fsp3) is 0.429. The summed E-state index contributed by atoms with van der Waals surface area (Å²) in [4.78, 5) is 59.0. The van der Waals surface area contributed by atoms with E-state index in [0.717, 1.165) is 16.5 Å². The lowest BCUT2D eigenvalue weighted by atomic mass is 9.95. The number of aliphatic hydroxyl groups is 1. The Hall–Kier alpha value is -4.06. The number of hydrogen-bond acceptors (Lipinski definition) is 7. The van der Waals surface area contributed by atoms with E-state index in [9.17, 15) is 29.4 Å². The average Bonchev–Trinajstić information content (AvgIpc) is 3.36. The van der Waals surface area contributed by atoms with E-state index in [1.807, 2.05) is 44.2 Å². The van der Waals surface area contributed by atoms with Gasteiger partial charge in [0, 0.05) is 36.2 Å². The number of esters is 1. The third kappa shape index (κ3) is 8.32. The number of carbonyl (C=O) groups excluding carboxylic acids is 4. The Bertz CT molecular complexity index is 1720. The maximum atomic E-state index is 14.3. The van der Waals surface area contributed by atoms with Gasteiger partial charge >= 0.3 is 5.97 Å². The molecule has 1 aliphatic rings.